The van der Waals surface area contributed by atoms with E-state index >= 15 is 0 Å². The van der Waals surface area contributed by atoms with Crippen LogP contribution in [0.4, 0.5) is 0 Å². The average Bonchev–Trinajstić information content (AvgIpc) is 3.04. The summed E-state index contributed by atoms with van der Waals surface area (Å²) in [7, 11) is 0. The van der Waals surface area contributed by atoms with Gasteiger partial charge in [-0.25, -0.2) is 0 Å². The van der Waals surface area contributed by atoms with E-state index in [2.05, 4.69) is 5.32 Å². The maximum Gasteiger partial charge on any atom is 0.308 e. The number of nitrogens with one attached hydrogen (secondary N) is 1. The lowest BCUT2D eigenvalue weighted by atomic mass is 9.98. The number of nitrogens with zero attached hydrogens (tertiary/aromatic N) is 1. The molecule has 2 fully saturated rings. The van der Waals surface area contributed by atoms with Gasteiger partial charge in [-0.3, -0.25) is 14.4 Å². The number of likely N-dealkylation sites (tertiary alicyclic amines) is 1. The molecule has 2 rings (SSSR count). The van der Waals surface area contributed by atoms with Crippen LogP contribution in [0.5, 0.6) is 0 Å². The number of hydrogen-bond donors (Lipinski definition) is 2. The van der Waals surface area contributed by atoms with Gasteiger partial charge in [-0.1, -0.05) is 25.7 Å². The van der Waals surface area contributed by atoms with Gasteiger partial charge in [-0.2, -0.15) is 0 Å². The van der Waals surface area contributed by atoms with E-state index in [0.717, 1.165) is 6.42 Å². The standard InChI is InChI=1S/C16H26N2O4/c19-14(8-7-12-4-1-2-5-12)17-10-15(20)18-9-3-6-13(11-18)16(21)22/h12-13H,1-11H2,(H,17,19)(H,21,22)/t13-/m0/s1. The van der Waals surface area contributed by atoms with Gasteiger partial charge in [0, 0.05) is 19.5 Å². The van der Waals surface area contributed by atoms with Gasteiger partial charge in [-0.15, -0.1) is 0 Å². The number of amides is 2. The van der Waals surface area contributed by atoms with Crippen LogP contribution >= 0.6 is 0 Å². The minimum Gasteiger partial charge on any atom is -0.481 e. The van der Waals surface area contributed by atoms with Crippen molar-refractivity contribution in [3.63, 3.8) is 0 Å². The molecule has 0 aromatic carbocycles. The normalized spacial score (nSPS) is 22.5. The third-order valence-corrected chi connectivity index (χ3v) is 4.81. The van der Waals surface area contributed by atoms with Crippen molar-refractivity contribution in [3.05, 3.63) is 0 Å². The van der Waals surface area contributed by atoms with Crippen molar-refractivity contribution in [1.29, 1.82) is 0 Å². The van der Waals surface area contributed by atoms with Gasteiger partial charge in [0.2, 0.25) is 11.8 Å². The maximum absolute atomic E-state index is 12.0. The second kappa shape index (κ2) is 8.15. The summed E-state index contributed by atoms with van der Waals surface area (Å²) in [5.41, 5.74) is 0. The molecule has 1 aliphatic carbocycles. The zero-order chi connectivity index (χ0) is 15.9. The Hall–Kier alpha value is -1.59. The van der Waals surface area contributed by atoms with Crippen LogP contribution in [0.1, 0.15) is 51.4 Å². The first-order valence-electron chi connectivity index (χ1n) is 8.33. The molecule has 1 heterocycles. The van der Waals surface area contributed by atoms with Gasteiger partial charge >= 0.3 is 5.97 Å². The second-order valence-corrected chi connectivity index (χ2v) is 6.48. The van der Waals surface area contributed by atoms with Crippen LogP contribution in [0.3, 0.4) is 0 Å². The van der Waals surface area contributed by atoms with E-state index in [1.54, 1.807) is 4.90 Å². The van der Waals surface area contributed by atoms with Gasteiger partial charge in [0.1, 0.15) is 0 Å². The Labute approximate surface area is 131 Å². The monoisotopic (exact) mass is 310 g/mol. The topological polar surface area (TPSA) is 86.7 Å². The lowest BCUT2D eigenvalue weighted by molar-refractivity contribution is -0.145. The number of carbonyl (C=O) groups is 3. The van der Waals surface area contributed by atoms with E-state index in [1.165, 1.54) is 25.7 Å². The van der Waals surface area contributed by atoms with Crippen LogP contribution in [-0.2, 0) is 14.4 Å². The van der Waals surface area contributed by atoms with Crippen molar-refractivity contribution >= 4 is 17.8 Å². The van der Waals surface area contributed by atoms with Gasteiger partial charge in [-0.05, 0) is 25.2 Å². The molecule has 1 atom stereocenters. The summed E-state index contributed by atoms with van der Waals surface area (Å²) in [4.78, 5) is 36.4. The number of aliphatic carboxylic acids is 1. The average molecular weight is 310 g/mol. The van der Waals surface area contributed by atoms with E-state index in [4.69, 9.17) is 5.11 Å². The third-order valence-electron chi connectivity index (χ3n) is 4.81. The van der Waals surface area contributed by atoms with Crippen molar-refractivity contribution in [2.24, 2.45) is 11.8 Å². The summed E-state index contributed by atoms with van der Waals surface area (Å²) in [5, 5.41) is 11.7. The molecular formula is C16H26N2O4. The number of carboxylic acid groups (broad SMARTS) is 1. The first-order valence-corrected chi connectivity index (χ1v) is 8.33. The molecule has 0 bridgehead atoms. The largest absolute Gasteiger partial charge is 0.481 e. The smallest absolute Gasteiger partial charge is 0.308 e. The maximum atomic E-state index is 12.0. The predicted molar refractivity (Wildman–Crippen MR) is 81.1 cm³/mol. The summed E-state index contributed by atoms with van der Waals surface area (Å²) in [6.45, 7) is 0.822. The molecule has 22 heavy (non-hydrogen) atoms. The summed E-state index contributed by atoms with van der Waals surface area (Å²) in [6.07, 6.45) is 7.69. The molecule has 124 valence electrons. The first kappa shape index (κ1) is 16.8. The Morgan fingerprint density at radius 3 is 2.50 bits per heavy atom. The minimum absolute atomic E-state index is 0.0180. The Kier molecular flexibility index (Phi) is 6.21. The molecule has 2 N–H and O–H groups in total. The fourth-order valence-electron chi connectivity index (χ4n) is 3.41. The Balaban J connectivity index is 1.65. The number of carboxylic acids is 1. The van der Waals surface area contributed by atoms with E-state index in [1.807, 2.05) is 0 Å². The molecule has 0 aromatic rings. The van der Waals surface area contributed by atoms with Crippen molar-refractivity contribution in [1.82, 2.24) is 10.2 Å². The lowest BCUT2D eigenvalue weighted by Crippen LogP contribution is -2.46. The van der Waals surface area contributed by atoms with Crippen molar-refractivity contribution < 1.29 is 19.5 Å². The molecular weight excluding hydrogens is 284 g/mol. The number of piperidine rings is 1. The highest BCUT2D eigenvalue weighted by Gasteiger charge is 2.28. The van der Waals surface area contributed by atoms with Gasteiger partial charge in [0.15, 0.2) is 0 Å². The third kappa shape index (κ3) is 5.00. The highest BCUT2D eigenvalue weighted by molar-refractivity contribution is 5.85. The van der Waals surface area contributed by atoms with Crippen molar-refractivity contribution in [3.8, 4) is 0 Å². The van der Waals surface area contributed by atoms with Crippen LogP contribution < -0.4 is 5.32 Å². The molecule has 2 aliphatic rings. The predicted octanol–water partition coefficient (Wildman–Crippen LogP) is 1.40. The van der Waals surface area contributed by atoms with Crippen LogP contribution in [0.15, 0.2) is 0 Å². The number of hydrogen-bond acceptors (Lipinski definition) is 3. The van der Waals surface area contributed by atoms with Crippen LogP contribution in [0.2, 0.25) is 0 Å². The molecule has 1 saturated carbocycles. The summed E-state index contributed by atoms with van der Waals surface area (Å²) < 4.78 is 0. The molecule has 6 nitrogen and oxygen atoms in total. The first-order chi connectivity index (χ1) is 10.6. The number of rotatable bonds is 6. The molecule has 0 spiro atoms. The second-order valence-electron chi connectivity index (χ2n) is 6.48. The highest BCUT2D eigenvalue weighted by Crippen LogP contribution is 2.28. The van der Waals surface area contributed by atoms with E-state index < -0.39 is 11.9 Å². The van der Waals surface area contributed by atoms with Crippen LogP contribution in [-0.4, -0.2) is 47.4 Å². The summed E-state index contributed by atoms with van der Waals surface area (Å²) in [6, 6.07) is 0. The van der Waals surface area contributed by atoms with Gasteiger partial charge in [0.25, 0.3) is 0 Å². The quantitative estimate of drug-likeness (QED) is 0.776. The highest BCUT2D eigenvalue weighted by atomic mass is 16.4. The van der Waals surface area contributed by atoms with E-state index in [-0.39, 0.29) is 24.9 Å². The number of carbonyl (C=O) groups excluding carboxylic acids is 2. The Morgan fingerprint density at radius 1 is 1.09 bits per heavy atom. The lowest BCUT2D eigenvalue weighted by Gasteiger charge is -2.30. The Bertz CT molecular complexity index is 418. The van der Waals surface area contributed by atoms with Crippen molar-refractivity contribution in [2.75, 3.05) is 19.6 Å². The molecule has 6 heteroatoms. The summed E-state index contributed by atoms with van der Waals surface area (Å²) >= 11 is 0. The fourth-order valence-corrected chi connectivity index (χ4v) is 3.41. The van der Waals surface area contributed by atoms with E-state index in [0.29, 0.717) is 31.7 Å². The summed E-state index contributed by atoms with van der Waals surface area (Å²) in [5.74, 6) is -0.916. The molecule has 2 amide bonds. The van der Waals surface area contributed by atoms with Crippen molar-refractivity contribution in [2.45, 2.75) is 51.4 Å². The fraction of sp³-hybridized carbons (Fsp3) is 0.812. The van der Waals surface area contributed by atoms with Gasteiger partial charge < -0.3 is 15.3 Å². The minimum atomic E-state index is -0.849. The van der Waals surface area contributed by atoms with E-state index in [9.17, 15) is 14.4 Å². The molecule has 1 aliphatic heterocycles. The molecule has 1 saturated heterocycles. The zero-order valence-electron chi connectivity index (χ0n) is 13.1. The molecule has 0 radical (unpaired) electrons. The SMILES string of the molecule is O=C(CCC1CCCC1)NCC(=O)N1CCC[C@H](C(=O)O)C1. The Morgan fingerprint density at radius 2 is 1.82 bits per heavy atom. The van der Waals surface area contributed by atoms with Crippen LogP contribution in [0, 0.1) is 11.8 Å². The molecule has 0 unspecified atom stereocenters. The zero-order valence-corrected chi connectivity index (χ0v) is 13.1. The molecule has 0 aromatic heterocycles. The van der Waals surface area contributed by atoms with Gasteiger partial charge in [0.05, 0.1) is 12.5 Å². The van der Waals surface area contributed by atoms with Crippen LogP contribution in [0.25, 0.3) is 0 Å².